The molecule has 0 radical (unpaired) electrons. The maximum Gasteiger partial charge on any atom is 0.320 e. The molecule has 3 heterocycles. The van der Waals surface area contributed by atoms with E-state index in [9.17, 15) is 10.1 Å². The standard InChI is InChI=1S/C26H32N4O2/c1-2-28-11-13-29(14-12-28)18-26(31)32-22-15-20-8-9-21(16-22)30(20)25-10-7-19(17-27)23-5-3-4-6-24(23)25/h3-7,10,20-22H,2,8-9,11-16,18H2,1H3/t20-,21+,22?. The van der Waals surface area contributed by atoms with Gasteiger partial charge in [-0.25, -0.2) is 0 Å². The Bertz CT molecular complexity index is 1010. The fraction of sp³-hybridized carbons (Fsp3) is 0.538. The predicted octanol–water partition coefficient (Wildman–Crippen LogP) is 3.39. The van der Waals surface area contributed by atoms with Gasteiger partial charge in [0.2, 0.25) is 0 Å². The van der Waals surface area contributed by atoms with Crippen LogP contribution in [0.1, 0.15) is 38.2 Å². The summed E-state index contributed by atoms with van der Waals surface area (Å²) in [7, 11) is 0. The van der Waals surface area contributed by atoms with Gasteiger partial charge in [-0.2, -0.15) is 5.26 Å². The summed E-state index contributed by atoms with van der Waals surface area (Å²) in [6, 6.07) is 15.3. The maximum atomic E-state index is 12.6. The highest BCUT2D eigenvalue weighted by Crippen LogP contribution is 2.43. The molecule has 0 saturated carbocycles. The number of fused-ring (bicyclic) bond motifs is 3. The van der Waals surface area contributed by atoms with Crippen molar-refractivity contribution in [2.24, 2.45) is 0 Å². The van der Waals surface area contributed by atoms with Crippen molar-refractivity contribution in [3.05, 3.63) is 42.0 Å². The molecule has 0 aromatic heterocycles. The van der Waals surface area contributed by atoms with Gasteiger partial charge in [-0.05, 0) is 31.5 Å². The molecule has 3 aliphatic heterocycles. The summed E-state index contributed by atoms with van der Waals surface area (Å²) in [5.41, 5.74) is 1.94. The number of likely N-dealkylation sites (N-methyl/N-ethyl adjacent to an activating group) is 1. The van der Waals surface area contributed by atoms with Gasteiger partial charge in [0.25, 0.3) is 0 Å². The van der Waals surface area contributed by atoms with E-state index in [1.54, 1.807) is 0 Å². The van der Waals surface area contributed by atoms with Gasteiger partial charge in [-0.1, -0.05) is 31.2 Å². The lowest BCUT2D eigenvalue weighted by Crippen LogP contribution is -2.49. The topological polar surface area (TPSA) is 59.8 Å². The van der Waals surface area contributed by atoms with E-state index in [4.69, 9.17) is 4.74 Å². The van der Waals surface area contributed by atoms with Gasteiger partial charge in [-0.3, -0.25) is 9.69 Å². The van der Waals surface area contributed by atoms with E-state index in [1.807, 2.05) is 24.3 Å². The van der Waals surface area contributed by atoms with Gasteiger partial charge < -0.3 is 14.5 Å². The molecular formula is C26H32N4O2. The second-order valence-electron chi connectivity index (χ2n) is 9.38. The molecule has 32 heavy (non-hydrogen) atoms. The number of nitriles is 1. The van der Waals surface area contributed by atoms with Crippen LogP contribution in [-0.4, -0.2) is 73.2 Å². The van der Waals surface area contributed by atoms with Crippen molar-refractivity contribution in [1.29, 1.82) is 5.26 Å². The van der Waals surface area contributed by atoms with Crippen LogP contribution in [0.2, 0.25) is 0 Å². The van der Waals surface area contributed by atoms with Crippen molar-refractivity contribution in [2.45, 2.75) is 50.8 Å². The van der Waals surface area contributed by atoms with Crippen LogP contribution in [0, 0.1) is 11.3 Å². The summed E-state index contributed by atoms with van der Waals surface area (Å²) < 4.78 is 5.97. The number of hydrogen-bond acceptors (Lipinski definition) is 6. The number of ether oxygens (including phenoxy) is 1. The van der Waals surface area contributed by atoms with Crippen LogP contribution in [0.15, 0.2) is 36.4 Å². The van der Waals surface area contributed by atoms with Crippen LogP contribution < -0.4 is 4.90 Å². The van der Waals surface area contributed by atoms with Crippen molar-refractivity contribution >= 4 is 22.4 Å². The molecule has 6 heteroatoms. The average molecular weight is 433 g/mol. The zero-order valence-corrected chi connectivity index (χ0v) is 18.9. The quantitative estimate of drug-likeness (QED) is 0.675. The molecule has 1 unspecified atom stereocenters. The van der Waals surface area contributed by atoms with Crippen molar-refractivity contribution in [3.8, 4) is 6.07 Å². The van der Waals surface area contributed by atoms with Gasteiger partial charge in [0, 0.05) is 67.6 Å². The highest BCUT2D eigenvalue weighted by Gasteiger charge is 2.42. The van der Waals surface area contributed by atoms with Crippen LogP contribution in [0.4, 0.5) is 5.69 Å². The lowest BCUT2D eigenvalue weighted by molar-refractivity contribution is -0.152. The molecule has 6 nitrogen and oxygen atoms in total. The molecule has 3 atom stereocenters. The summed E-state index contributed by atoms with van der Waals surface area (Å²) in [6.07, 6.45) is 4.05. The molecule has 2 aromatic rings. The van der Waals surface area contributed by atoms with Gasteiger partial charge in [0.05, 0.1) is 18.2 Å². The van der Waals surface area contributed by atoms with Crippen LogP contribution >= 0.6 is 0 Å². The molecule has 3 fully saturated rings. The summed E-state index contributed by atoms with van der Waals surface area (Å²) in [5, 5.41) is 11.7. The number of anilines is 1. The summed E-state index contributed by atoms with van der Waals surface area (Å²) in [4.78, 5) is 19.8. The van der Waals surface area contributed by atoms with Gasteiger partial charge in [-0.15, -0.1) is 0 Å². The smallest absolute Gasteiger partial charge is 0.320 e. The molecule has 0 amide bonds. The average Bonchev–Trinajstić information content (AvgIpc) is 3.08. The van der Waals surface area contributed by atoms with E-state index < -0.39 is 0 Å². The third-order valence-electron chi connectivity index (χ3n) is 7.55. The Kier molecular flexibility index (Phi) is 6.03. The van der Waals surface area contributed by atoms with E-state index >= 15 is 0 Å². The Morgan fingerprint density at radius 3 is 2.31 bits per heavy atom. The first kappa shape index (κ1) is 21.2. The molecule has 0 spiro atoms. The molecule has 168 valence electrons. The molecule has 5 rings (SSSR count). The van der Waals surface area contributed by atoms with Crippen molar-refractivity contribution in [2.75, 3.05) is 44.2 Å². The minimum Gasteiger partial charge on any atom is -0.461 e. The third kappa shape index (κ3) is 4.07. The SMILES string of the molecule is CCN1CCN(CC(=O)OC2C[C@H]3CC[C@@H](C2)N3c2ccc(C#N)c3ccccc23)CC1. The molecule has 2 aromatic carbocycles. The maximum absolute atomic E-state index is 12.6. The Hall–Kier alpha value is -2.62. The largest absolute Gasteiger partial charge is 0.461 e. The van der Waals surface area contributed by atoms with Crippen molar-refractivity contribution < 1.29 is 9.53 Å². The molecule has 0 N–H and O–H groups in total. The van der Waals surface area contributed by atoms with E-state index in [1.165, 1.54) is 5.69 Å². The Morgan fingerprint density at radius 2 is 1.66 bits per heavy atom. The number of benzene rings is 2. The Labute approximate surface area is 190 Å². The fourth-order valence-electron chi connectivity index (χ4n) is 5.89. The molecule has 2 bridgehead atoms. The van der Waals surface area contributed by atoms with Crippen LogP contribution in [0.5, 0.6) is 0 Å². The third-order valence-corrected chi connectivity index (χ3v) is 7.55. The van der Waals surface area contributed by atoms with Gasteiger partial charge >= 0.3 is 5.97 Å². The Morgan fingerprint density at radius 1 is 1.00 bits per heavy atom. The Balaban J connectivity index is 1.24. The number of esters is 1. The summed E-state index contributed by atoms with van der Waals surface area (Å²) >= 11 is 0. The fourth-order valence-corrected chi connectivity index (χ4v) is 5.89. The minimum absolute atomic E-state index is 0.0119. The molecule has 3 saturated heterocycles. The van der Waals surface area contributed by atoms with E-state index in [0.29, 0.717) is 18.6 Å². The van der Waals surface area contributed by atoms with E-state index in [2.05, 4.69) is 39.8 Å². The number of hydrogen-bond donors (Lipinski definition) is 0. The number of carbonyl (C=O) groups excluding carboxylic acids is 1. The first-order chi connectivity index (χ1) is 15.7. The number of piperazine rings is 1. The zero-order chi connectivity index (χ0) is 22.1. The first-order valence-electron chi connectivity index (χ1n) is 12.0. The molecular weight excluding hydrogens is 400 g/mol. The number of piperidine rings is 1. The number of nitrogens with zero attached hydrogens (tertiary/aromatic N) is 4. The lowest BCUT2D eigenvalue weighted by atomic mass is 9.96. The van der Waals surface area contributed by atoms with Crippen molar-refractivity contribution in [3.63, 3.8) is 0 Å². The zero-order valence-electron chi connectivity index (χ0n) is 18.9. The minimum atomic E-state index is -0.0726. The predicted molar refractivity (Wildman–Crippen MR) is 126 cm³/mol. The second kappa shape index (κ2) is 9.09. The number of carbonyl (C=O) groups is 1. The van der Waals surface area contributed by atoms with E-state index in [-0.39, 0.29) is 12.1 Å². The van der Waals surface area contributed by atoms with Crippen LogP contribution in [-0.2, 0) is 9.53 Å². The van der Waals surface area contributed by atoms with Crippen LogP contribution in [0.3, 0.4) is 0 Å². The van der Waals surface area contributed by atoms with Gasteiger partial charge in [0.15, 0.2) is 0 Å². The summed E-state index contributed by atoms with van der Waals surface area (Å²) in [6.45, 7) is 7.62. The molecule has 0 aliphatic carbocycles. The second-order valence-corrected chi connectivity index (χ2v) is 9.38. The summed E-state index contributed by atoms with van der Waals surface area (Å²) in [5.74, 6) is -0.0726. The molecule has 3 aliphatic rings. The number of rotatable bonds is 5. The highest BCUT2D eigenvalue weighted by atomic mass is 16.5. The normalized spacial score (nSPS) is 26.2. The van der Waals surface area contributed by atoms with Crippen LogP contribution in [0.25, 0.3) is 10.8 Å². The lowest BCUT2D eigenvalue weighted by Gasteiger charge is -2.41. The van der Waals surface area contributed by atoms with E-state index in [0.717, 1.165) is 74.7 Å². The van der Waals surface area contributed by atoms with Crippen molar-refractivity contribution in [1.82, 2.24) is 9.80 Å². The monoisotopic (exact) mass is 432 g/mol. The first-order valence-corrected chi connectivity index (χ1v) is 12.0. The highest BCUT2D eigenvalue weighted by molar-refractivity contribution is 5.98. The van der Waals surface area contributed by atoms with Gasteiger partial charge in [0.1, 0.15) is 6.10 Å².